The molecule has 120 valence electrons. The van der Waals surface area contributed by atoms with E-state index in [1.165, 1.54) is 18.3 Å². The Kier molecular flexibility index (Phi) is 5.56. The molecule has 0 aliphatic rings. The predicted octanol–water partition coefficient (Wildman–Crippen LogP) is 1.98. The largest absolute Gasteiger partial charge is 0.465 e. The number of carbonyl (C=O) groups is 2. The Morgan fingerprint density at radius 2 is 2.00 bits per heavy atom. The van der Waals surface area contributed by atoms with Crippen LogP contribution in [0.4, 0.5) is 5.69 Å². The molecule has 0 saturated heterocycles. The van der Waals surface area contributed by atoms with E-state index < -0.39 is 34.1 Å². The van der Waals surface area contributed by atoms with Crippen molar-refractivity contribution in [2.75, 3.05) is 6.61 Å². The second-order valence-electron chi connectivity index (χ2n) is 5.38. The van der Waals surface area contributed by atoms with Gasteiger partial charge in [-0.2, -0.15) is 0 Å². The highest BCUT2D eigenvalue weighted by Crippen LogP contribution is 2.28. The lowest BCUT2D eigenvalue weighted by Gasteiger charge is -2.22. The van der Waals surface area contributed by atoms with Gasteiger partial charge in [-0.15, -0.1) is 0 Å². The van der Waals surface area contributed by atoms with Crippen LogP contribution in [0.1, 0.15) is 39.3 Å². The molecular weight excluding hydrogens is 292 g/mol. The number of ether oxygens (including phenoxy) is 2. The minimum Gasteiger partial charge on any atom is -0.465 e. The van der Waals surface area contributed by atoms with Gasteiger partial charge in [-0.05, 0) is 33.8 Å². The second kappa shape index (κ2) is 6.97. The number of hydrogen-bond acceptors (Lipinski definition) is 7. The Bertz CT molecular complexity index is 579. The van der Waals surface area contributed by atoms with Gasteiger partial charge in [0.25, 0.3) is 5.69 Å². The summed E-state index contributed by atoms with van der Waals surface area (Å²) in [7, 11) is 0. The van der Waals surface area contributed by atoms with Crippen molar-refractivity contribution in [3.05, 3.63) is 34.1 Å². The van der Waals surface area contributed by atoms with Crippen LogP contribution in [0.2, 0.25) is 0 Å². The molecule has 0 aromatic carbocycles. The van der Waals surface area contributed by atoms with E-state index in [1.54, 1.807) is 27.7 Å². The van der Waals surface area contributed by atoms with Crippen LogP contribution in [0.5, 0.6) is 0 Å². The molecule has 0 aliphatic carbocycles. The Balaban J connectivity index is 3.30. The monoisotopic (exact) mass is 310 g/mol. The molecule has 22 heavy (non-hydrogen) atoms. The number of carbonyl (C=O) groups excluding carboxylic acids is 2. The summed E-state index contributed by atoms with van der Waals surface area (Å²) in [6.07, 6.45) is 1.26. The first kappa shape index (κ1) is 17.5. The van der Waals surface area contributed by atoms with E-state index in [1.807, 2.05) is 0 Å². The van der Waals surface area contributed by atoms with Gasteiger partial charge < -0.3 is 9.47 Å². The average Bonchev–Trinajstić information content (AvgIpc) is 2.37. The van der Waals surface area contributed by atoms with Gasteiger partial charge in [0.1, 0.15) is 11.3 Å². The van der Waals surface area contributed by atoms with Crippen molar-refractivity contribution in [3.8, 4) is 0 Å². The fraction of sp³-hybridized carbons (Fsp3) is 0.500. The molecule has 1 aromatic rings. The van der Waals surface area contributed by atoms with Gasteiger partial charge in [0.15, 0.2) is 0 Å². The van der Waals surface area contributed by atoms with Crippen molar-refractivity contribution in [1.82, 2.24) is 4.98 Å². The third-order valence-electron chi connectivity index (χ3n) is 2.45. The molecule has 0 N–H and O–H groups in total. The zero-order valence-corrected chi connectivity index (χ0v) is 12.9. The Morgan fingerprint density at radius 1 is 1.36 bits per heavy atom. The number of nitrogens with zero attached hydrogens (tertiary/aromatic N) is 2. The van der Waals surface area contributed by atoms with Gasteiger partial charge in [-0.25, -0.2) is 0 Å². The Morgan fingerprint density at radius 3 is 2.50 bits per heavy atom. The van der Waals surface area contributed by atoms with Gasteiger partial charge in [-0.1, -0.05) is 0 Å². The number of rotatable bonds is 5. The van der Waals surface area contributed by atoms with Crippen LogP contribution in [0.25, 0.3) is 0 Å². The van der Waals surface area contributed by atoms with Crippen molar-refractivity contribution in [2.24, 2.45) is 0 Å². The maximum absolute atomic E-state index is 12.3. The van der Waals surface area contributed by atoms with Crippen molar-refractivity contribution in [3.63, 3.8) is 0 Å². The van der Waals surface area contributed by atoms with Crippen molar-refractivity contribution < 1.29 is 24.0 Å². The summed E-state index contributed by atoms with van der Waals surface area (Å²) in [5, 5.41) is 11.1. The SMILES string of the molecule is CCOC(=O)C(C(=O)OC(C)(C)C)c1ncccc1[N+](=O)[O-]. The number of nitro groups is 1. The molecule has 0 fully saturated rings. The summed E-state index contributed by atoms with van der Waals surface area (Å²) in [6, 6.07) is 2.51. The minimum absolute atomic E-state index is 0.0265. The van der Waals surface area contributed by atoms with Gasteiger partial charge in [-0.3, -0.25) is 24.7 Å². The average molecular weight is 310 g/mol. The van der Waals surface area contributed by atoms with Crippen LogP contribution in [-0.2, 0) is 19.1 Å². The number of aromatic nitrogens is 1. The van der Waals surface area contributed by atoms with E-state index in [9.17, 15) is 19.7 Å². The van der Waals surface area contributed by atoms with Crippen LogP contribution in [-0.4, -0.2) is 34.1 Å². The summed E-state index contributed by atoms with van der Waals surface area (Å²) >= 11 is 0. The van der Waals surface area contributed by atoms with Crippen molar-refractivity contribution in [1.29, 1.82) is 0 Å². The molecule has 1 heterocycles. The summed E-state index contributed by atoms with van der Waals surface area (Å²) in [6.45, 7) is 6.47. The van der Waals surface area contributed by atoms with Crippen molar-refractivity contribution >= 4 is 17.6 Å². The lowest BCUT2D eigenvalue weighted by Crippen LogP contribution is -2.33. The fourth-order valence-corrected chi connectivity index (χ4v) is 1.69. The molecule has 8 nitrogen and oxygen atoms in total. The molecule has 8 heteroatoms. The molecule has 0 bridgehead atoms. The van der Waals surface area contributed by atoms with Crippen LogP contribution >= 0.6 is 0 Å². The minimum atomic E-state index is -1.60. The highest BCUT2D eigenvalue weighted by atomic mass is 16.6. The standard InChI is InChI=1S/C14H18N2O6/c1-5-21-12(17)10(13(18)22-14(2,3)4)11-9(16(19)20)7-6-8-15-11/h6-8,10H,5H2,1-4H3. The Labute approximate surface area is 127 Å². The first-order valence-electron chi connectivity index (χ1n) is 6.66. The molecule has 1 unspecified atom stereocenters. The third kappa shape index (κ3) is 4.51. The first-order valence-corrected chi connectivity index (χ1v) is 6.66. The summed E-state index contributed by atoms with van der Waals surface area (Å²) in [5.74, 6) is -3.47. The molecule has 0 saturated carbocycles. The molecular formula is C14H18N2O6. The molecule has 1 atom stereocenters. The van der Waals surface area contributed by atoms with Crippen LogP contribution in [0, 0.1) is 10.1 Å². The second-order valence-corrected chi connectivity index (χ2v) is 5.38. The van der Waals surface area contributed by atoms with Crippen LogP contribution < -0.4 is 0 Å². The van der Waals surface area contributed by atoms with E-state index in [0.29, 0.717) is 0 Å². The molecule has 0 spiro atoms. The van der Waals surface area contributed by atoms with Crippen LogP contribution in [0.15, 0.2) is 18.3 Å². The molecule has 0 amide bonds. The van der Waals surface area contributed by atoms with Crippen LogP contribution in [0.3, 0.4) is 0 Å². The Hall–Kier alpha value is -2.51. The lowest BCUT2D eigenvalue weighted by molar-refractivity contribution is -0.386. The highest BCUT2D eigenvalue weighted by molar-refractivity contribution is 6.01. The predicted molar refractivity (Wildman–Crippen MR) is 76.1 cm³/mol. The van der Waals surface area contributed by atoms with E-state index in [-0.39, 0.29) is 12.3 Å². The lowest BCUT2D eigenvalue weighted by atomic mass is 10.0. The maximum Gasteiger partial charge on any atom is 0.327 e. The smallest absolute Gasteiger partial charge is 0.327 e. The summed E-state index contributed by atoms with van der Waals surface area (Å²) < 4.78 is 9.98. The van der Waals surface area contributed by atoms with Crippen molar-refractivity contribution in [2.45, 2.75) is 39.2 Å². The zero-order chi connectivity index (χ0) is 16.9. The molecule has 0 radical (unpaired) electrons. The summed E-state index contributed by atoms with van der Waals surface area (Å²) in [5.41, 5.74) is -1.59. The zero-order valence-electron chi connectivity index (χ0n) is 12.9. The first-order chi connectivity index (χ1) is 10.2. The van der Waals surface area contributed by atoms with E-state index in [4.69, 9.17) is 9.47 Å². The summed E-state index contributed by atoms with van der Waals surface area (Å²) in [4.78, 5) is 38.5. The number of esters is 2. The quantitative estimate of drug-likeness (QED) is 0.354. The maximum atomic E-state index is 12.3. The third-order valence-corrected chi connectivity index (χ3v) is 2.45. The van der Waals surface area contributed by atoms with Gasteiger partial charge in [0.05, 0.1) is 11.5 Å². The normalized spacial score (nSPS) is 12.4. The fourth-order valence-electron chi connectivity index (χ4n) is 1.69. The van der Waals surface area contributed by atoms with Gasteiger partial charge >= 0.3 is 11.9 Å². The van der Waals surface area contributed by atoms with Gasteiger partial charge in [0, 0.05) is 12.3 Å². The van der Waals surface area contributed by atoms with Gasteiger partial charge in [0.2, 0.25) is 5.92 Å². The highest BCUT2D eigenvalue weighted by Gasteiger charge is 2.39. The molecule has 0 aliphatic heterocycles. The molecule has 1 rings (SSSR count). The van der Waals surface area contributed by atoms with E-state index in [2.05, 4.69) is 4.98 Å². The van der Waals surface area contributed by atoms with E-state index >= 15 is 0 Å². The molecule has 1 aromatic heterocycles. The topological polar surface area (TPSA) is 109 Å². The number of pyridine rings is 1. The van der Waals surface area contributed by atoms with E-state index in [0.717, 1.165) is 0 Å². The number of hydrogen-bond donors (Lipinski definition) is 0.